The first kappa shape index (κ1) is 14.1. The van der Waals surface area contributed by atoms with Gasteiger partial charge >= 0.3 is 0 Å². The van der Waals surface area contributed by atoms with Gasteiger partial charge < -0.3 is 21.0 Å². The Balaban J connectivity index is 1.98. The molecule has 0 spiro atoms. The maximum atomic E-state index is 12.3. The van der Waals surface area contributed by atoms with Crippen LogP contribution in [0.3, 0.4) is 0 Å². The van der Waals surface area contributed by atoms with E-state index < -0.39 is 5.92 Å². The van der Waals surface area contributed by atoms with E-state index in [1.807, 2.05) is 13.8 Å². The van der Waals surface area contributed by atoms with Crippen LogP contribution in [0.4, 0.5) is 0 Å². The van der Waals surface area contributed by atoms with Crippen LogP contribution < -0.4 is 11.1 Å². The van der Waals surface area contributed by atoms with Crippen molar-refractivity contribution in [1.82, 2.24) is 5.32 Å². The lowest BCUT2D eigenvalue weighted by molar-refractivity contribution is -0.125. The molecule has 1 aliphatic carbocycles. The van der Waals surface area contributed by atoms with Crippen LogP contribution >= 0.6 is 0 Å². The fourth-order valence-electron chi connectivity index (χ4n) is 2.77. The molecule has 2 aliphatic rings. The molecule has 0 bridgehead atoms. The standard InChI is InChI=1S/C13H23N3O3/c1-7(2)10(12(14)16-18)13(17)15-9-5-6-19-11(9)8-3-4-8/h7-11,18H,3-6H2,1-2H3,(H2,14,16)(H,15,17). The number of hydrogen-bond donors (Lipinski definition) is 3. The fourth-order valence-corrected chi connectivity index (χ4v) is 2.77. The molecule has 4 N–H and O–H groups in total. The van der Waals surface area contributed by atoms with E-state index in [9.17, 15) is 4.79 Å². The van der Waals surface area contributed by atoms with Crippen LogP contribution in [0.2, 0.25) is 0 Å². The highest BCUT2D eigenvalue weighted by atomic mass is 16.5. The van der Waals surface area contributed by atoms with Gasteiger partial charge in [0.1, 0.15) is 5.92 Å². The van der Waals surface area contributed by atoms with Crippen LogP contribution in [0.25, 0.3) is 0 Å². The molecule has 1 amide bonds. The van der Waals surface area contributed by atoms with Gasteiger partial charge in [-0.05, 0) is 31.1 Å². The Kier molecular flexibility index (Phi) is 4.29. The van der Waals surface area contributed by atoms with E-state index in [2.05, 4.69) is 10.5 Å². The largest absolute Gasteiger partial charge is 0.409 e. The summed E-state index contributed by atoms with van der Waals surface area (Å²) in [5.41, 5.74) is 5.61. The highest BCUT2D eigenvalue weighted by Crippen LogP contribution is 2.38. The molecule has 108 valence electrons. The Hall–Kier alpha value is -1.30. The van der Waals surface area contributed by atoms with Crippen LogP contribution in [-0.2, 0) is 9.53 Å². The molecule has 0 aromatic rings. The van der Waals surface area contributed by atoms with E-state index >= 15 is 0 Å². The van der Waals surface area contributed by atoms with Crippen molar-refractivity contribution in [2.75, 3.05) is 6.61 Å². The summed E-state index contributed by atoms with van der Waals surface area (Å²) in [6.07, 6.45) is 3.35. The second-order valence-corrected chi connectivity index (χ2v) is 5.82. The minimum absolute atomic E-state index is 0.0161. The van der Waals surface area contributed by atoms with E-state index in [0.29, 0.717) is 12.5 Å². The molecule has 0 radical (unpaired) electrons. The maximum absolute atomic E-state index is 12.3. The Morgan fingerprint density at radius 2 is 2.11 bits per heavy atom. The molecule has 3 atom stereocenters. The maximum Gasteiger partial charge on any atom is 0.231 e. The lowest BCUT2D eigenvalue weighted by Gasteiger charge is -2.24. The highest BCUT2D eigenvalue weighted by molar-refractivity contribution is 6.02. The zero-order chi connectivity index (χ0) is 14.0. The van der Waals surface area contributed by atoms with Gasteiger partial charge in [0.2, 0.25) is 5.91 Å². The first-order chi connectivity index (χ1) is 9.04. The minimum atomic E-state index is -0.592. The third kappa shape index (κ3) is 3.18. The fraction of sp³-hybridized carbons (Fsp3) is 0.846. The molecule has 0 aromatic carbocycles. The number of nitrogens with one attached hydrogen (secondary N) is 1. The van der Waals surface area contributed by atoms with Gasteiger partial charge in [0.15, 0.2) is 5.84 Å². The summed E-state index contributed by atoms with van der Waals surface area (Å²) in [5, 5.41) is 14.8. The van der Waals surface area contributed by atoms with Gasteiger partial charge in [-0.1, -0.05) is 19.0 Å². The topological polar surface area (TPSA) is 96.9 Å². The third-order valence-electron chi connectivity index (χ3n) is 3.93. The lowest BCUT2D eigenvalue weighted by atomic mass is 9.93. The second-order valence-electron chi connectivity index (χ2n) is 5.82. The zero-order valence-electron chi connectivity index (χ0n) is 11.5. The molecule has 6 heteroatoms. The number of amides is 1. The number of rotatable bonds is 5. The normalized spacial score (nSPS) is 29.5. The Morgan fingerprint density at radius 1 is 1.42 bits per heavy atom. The number of nitrogens with two attached hydrogens (primary N) is 1. The van der Waals surface area contributed by atoms with Gasteiger partial charge in [0.25, 0.3) is 0 Å². The number of carbonyl (C=O) groups excluding carboxylic acids is 1. The van der Waals surface area contributed by atoms with Gasteiger partial charge in [0, 0.05) is 6.61 Å². The summed E-state index contributed by atoms with van der Waals surface area (Å²) >= 11 is 0. The molecular formula is C13H23N3O3. The number of carbonyl (C=O) groups is 1. The number of hydrogen-bond acceptors (Lipinski definition) is 4. The Morgan fingerprint density at radius 3 is 2.63 bits per heavy atom. The summed E-state index contributed by atoms with van der Waals surface area (Å²) in [6, 6.07) is 0.0627. The van der Waals surface area contributed by atoms with E-state index in [1.54, 1.807) is 0 Å². The summed E-state index contributed by atoms with van der Waals surface area (Å²) < 4.78 is 5.69. The predicted octanol–water partition coefficient (Wildman–Crippen LogP) is 0.689. The van der Waals surface area contributed by atoms with Gasteiger partial charge in [-0.15, -0.1) is 0 Å². The molecule has 3 unspecified atom stereocenters. The summed E-state index contributed by atoms with van der Waals surface area (Å²) in [5.74, 6) is -0.224. The smallest absolute Gasteiger partial charge is 0.231 e. The van der Waals surface area contributed by atoms with E-state index in [0.717, 1.165) is 6.42 Å². The van der Waals surface area contributed by atoms with Crippen molar-refractivity contribution >= 4 is 11.7 Å². The third-order valence-corrected chi connectivity index (χ3v) is 3.93. The summed E-state index contributed by atoms with van der Waals surface area (Å²) in [4.78, 5) is 12.3. The zero-order valence-corrected chi connectivity index (χ0v) is 11.5. The van der Waals surface area contributed by atoms with Crippen molar-refractivity contribution in [2.24, 2.45) is 28.6 Å². The van der Waals surface area contributed by atoms with Crippen LogP contribution in [0, 0.1) is 17.8 Å². The van der Waals surface area contributed by atoms with Crippen molar-refractivity contribution in [2.45, 2.75) is 45.3 Å². The van der Waals surface area contributed by atoms with E-state index in [1.165, 1.54) is 12.8 Å². The van der Waals surface area contributed by atoms with Crippen LogP contribution in [0.1, 0.15) is 33.1 Å². The van der Waals surface area contributed by atoms with Gasteiger partial charge in [-0.2, -0.15) is 0 Å². The highest BCUT2D eigenvalue weighted by Gasteiger charge is 2.42. The number of ether oxygens (including phenoxy) is 1. The van der Waals surface area contributed by atoms with Crippen molar-refractivity contribution in [3.63, 3.8) is 0 Å². The van der Waals surface area contributed by atoms with Crippen LogP contribution in [0.15, 0.2) is 5.16 Å². The predicted molar refractivity (Wildman–Crippen MR) is 70.7 cm³/mol. The van der Waals surface area contributed by atoms with Crippen molar-refractivity contribution < 1.29 is 14.7 Å². The summed E-state index contributed by atoms with van der Waals surface area (Å²) in [6.45, 7) is 4.46. The van der Waals surface area contributed by atoms with Crippen molar-refractivity contribution in [3.8, 4) is 0 Å². The number of nitrogens with zero attached hydrogens (tertiary/aromatic N) is 1. The first-order valence-electron chi connectivity index (χ1n) is 6.94. The molecule has 0 aromatic heterocycles. The summed E-state index contributed by atoms with van der Waals surface area (Å²) in [7, 11) is 0. The molecule has 6 nitrogen and oxygen atoms in total. The average Bonchev–Trinajstić information content (AvgIpc) is 3.10. The molecule has 1 heterocycles. The van der Waals surface area contributed by atoms with E-state index in [4.69, 9.17) is 15.7 Å². The average molecular weight is 269 g/mol. The van der Waals surface area contributed by atoms with Crippen molar-refractivity contribution in [3.05, 3.63) is 0 Å². The monoisotopic (exact) mass is 269 g/mol. The van der Waals surface area contributed by atoms with E-state index in [-0.39, 0.29) is 29.8 Å². The SMILES string of the molecule is CC(C)C(C(=O)NC1CCOC1C1CC1)C(N)=NO. The number of oxime groups is 1. The quantitative estimate of drug-likeness (QED) is 0.296. The molecule has 2 rings (SSSR count). The van der Waals surface area contributed by atoms with Crippen LogP contribution in [-0.4, -0.2) is 35.7 Å². The van der Waals surface area contributed by atoms with Crippen LogP contribution in [0.5, 0.6) is 0 Å². The Bertz CT molecular complexity index is 366. The first-order valence-corrected chi connectivity index (χ1v) is 6.94. The second kappa shape index (κ2) is 5.77. The number of amidine groups is 1. The lowest BCUT2D eigenvalue weighted by Crippen LogP contribution is -2.48. The molecule has 1 saturated heterocycles. The van der Waals surface area contributed by atoms with Gasteiger partial charge in [-0.25, -0.2) is 0 Å². The van der Waals surface area contributed by atoms with Gasteiger partial charge in [-0.3, -0.25) is 4.79 Å². The minimum Gasteiger partial charge on any atom is -0.409 e. The molecular weight excluding hydrogens is 246 g/mol. The molecule has 1 saturated carbocycles. The molecule has 19 heavy (non-hydrogen) atoms. The van der Waals surface area contributed by atoms with Gasteiger partial charge in [0.05, 0.1) is 12.1 Å². The Labute approximate surface area is 113 Å². The molecule has 2 fully saturated rings. The molecule has 1 aliphatic heterocycles. The van der Waals surface area contributed by atoms with Crippen molar-refractivity contribution in [1.29, 1.82) is 0 Å².